The number of carbonyl (C=O) groups excluding carboxylic acids is 2. The predicted molar refractivity (Wildman–Crippen MR) is 68.8 cm³/mol. The lowest BCUT2D eigenvalue weighted by atomic mass is 10.2. The summed E-state index contributed by atoms with van der Waals surface area (Å²) >= 11 is 0. The Balaban J connectivity index is 2.75. The van der Waals surface area contributed by atoms with Crippen LogP contribution in [0.25, 0.3) is 0 Å². The highest BCUT2D eigenvalue weighted by Gasteiger charge is 2.00. The molecule has 0 aliphatic carbocycles. The zero-order valence-corrected chi connectivity index (χ0v) is 10.2. The second kappa shape index (κ2) is 5.84. The van der Waals surface area contributed by atoms with Crippen LogP contribution in [0.2, 0.25) is 0 Å². The third-order valence-corrected chi connectivity index (χ3v) is 1.87. The van der Waals surface area contributed by atoms with Crippen LogP contribution < -0.4 is 10.6 Å². The van der Waals surface area contributed by atoms with Crippen LogP contribution in [0.3, 0.4) is 0 Å². The monoisotopic (exact) mass is 232 g/mol. The number of hydrogen-bond donors (Lipinski definition) is 2. The molecule has 17 heavy (non-hydrogen) atoms. The topological polar surface area (TPSA) is 58.2 Å². The Morgan fingerprint density at radius 1 is 1.06 bits per heavy atom. The van der Waals surface area contributed by atoms with Crippen molar-refractivity contribution < 1.29 is 9.59 Å². The van der Waals surface area contributed by atoms with Gasteiger partial charge in [-0.2, -0.15) is 0 Å². The minimum Gasteiger partial charge on any atom is -0.326 e. The molecule has 0 aliphatic heterocycles. The Bertz CT molecular complexity index is 460. The van der Waals surface area contributed by atoms with Crippen molar-refractivity contribution in [1.29, 1.82) is 0 Å². The fraction of sp³-hybridized carbons (Fsp3) is 0.231. The van der Waals surface area contributed by atoms with Crippen molar-refractivity contribution in [2.24, 2.45) is 0 Å². The standard InChI is InChI=1S/C13H16N2O2/c1-9(2)7-13(17)15-12-6-4-5-11(8-12)14-10(3)16/h4-8H,1-3H3,(H,14,16)(H,15,17). The number of benzene rings is 1. The van der Waals surface area contributed by atoms with E-state index in [0.717, 1.165) is 5.57 Å². The molecule has 1 aromatic carbocycles. The lowest BCUT2D eigenvalue weighted by Gasteiger charge is -2.06. The maximum Gasteiger partial charge on any atom is 0.248 e. The normalized spacial score (nSPS) is 9.35. The van der Waals surface area contributed by atoms with Crippen molar-refractivity contribution in [3.63, 3.8) is 0 Å². The molecule has 0 fully saturated rings. The summed E-state index contributed by atoms with van der Waals surface area (Å²) in [7, 11) is 0. The number of rotatable bonds is 3. The molecule has 0 saturated heterocycles. The molecule has 4 heteroatoms. The number of carbonyl (C=O) groups is 2. The summed E-state index contributed by atoms with van der Waals surface area (Å²) in [4.78, 5) is 22.4. The van der Waals surface area contributed by atoms with Gasteiger partial charge in [-0.05, 0) is 32.0 Å². The molecule has 0 saturated carbocycles. The molecule has 0 aromatic heterocycles. The van der Waals surface area contributed by atoms with Gasteiger partial charge in [-0.3, -0.25) is 9.59 Å². The number of anilines is 2. The van der Waals surface area contributed by atoms with Gasteiger partial charge in [-0.15, -0.1) is 0 Å². The van der Waals surface area contributed by atoms with Crippen LogP contribution in [0.4, 0.5) is 11.4 Å². The molecule has 0 heterocycles. The van der Waals surface area contributed by atoms with E-state index in [0.29, 0.717) is 11.4 Å². The van der Waals surface area contributed by atoms with E-state index in [1.165, 1.54) is 13.0 Å². The van der Waals surface area contributed by atoms with Gasteiger partial charge >= 0.3 is 0 Å². The van der Waals surface area contributed by atoms with Crippen LogP contribution >= 0.6 is 0 Å². The minimum atomic E-state index is -0.176. The van der Waals surface area contributed by atoms with Gasteiger partial charge in [0.05, 0.1) is 0 Å². The van der Waals surface area contributed by atoms with E-state index < -0.39 is 0 Å². The molecule has 0 radical (unpaired) electrons. The predicted octanol–water partition coefficient (Wildman–Crippen LogP) is 2.55. The van der Waals surface area contributed by atoms with Gasteiger partial charge in [0.15, 0.2) is 0 Å². The van der Waals surface area contributed by atoms with E-state index in [2.05, 4.69) is 10.6 Å². The summed E-state index contributed by atoms with van der Waals surface area (Å²) in [5.74, 6) is -0.317. The van der Waals surface area contributed by atoms with Gasteiger partial charge in [0.25, 0.3) is 0 Å². The second-order valence-electron chi connectivity index (χ2n) is 3.97. The largest absolute Gasteiger partial charge is 0.326 e. The van der Waals surface area contributed by atoms with Crippen LogP contribution in [-0.4, -0.2) is 11.8 Å². The van der Waals surface area contributed by atoms with E-state index in [4.69, 9.17) is 0 Å². The Kier molecular flexibility index (Phi) is 4.46. The Morgan fingerprint density at radius 3 is 2.18 bits per heavy atom. The average Bonchev–Trinajstić information content (AvgIpc) is 2.14. The maximum atomic E-state index is 11.5. The van der Waals surface area contributed by atoms with Gasteiger partial charge in [-0.25, -0.2) is 0 Å². The van der Waals surface area contributed by atoms with Crippen molar-refractivity contribution in [2.75, 3.05) is 10.6 Å². The minimum absolute atomic E-state index is 0.141. The third kappa shape index (κ3) is 4.97. The number of allylic oxidation sites excluding steroid dienone is 1. The fourth-order valence-corrected chi connectivity index (χ4v) is 1.32. The number of amides is 2. The van der Waals surface area contributed by atoms with Gasteiger partial charge < -0.3 is 10.6 Å². The SMILES string of the molecule is CC(=O)Nc1cccc(NC(=O)C=C(C)C)c1. The van der Waals surface area contributed by atoms with Crippen LogP contribution in [0.15, 0.2) is 35.9 Å². The Hall–Kier alpha value is -2.10. The first-order chi connectivity index (χ1) is 7.97. The highest BCUT2D eigenvalue weighted by molar-refractivity contribution is 6.00. The first-order valence-electron chi connectivity index (χ1n) is 5.31. The number of hydrogen-bond acceptors (Lipinski definition) is 2. The number of nitrogens with one attached hydrogen (secondary N) is 2. The molecular weight excluding hydrogens is 216 g/mol. The lowest BCUT2D eigenvalue weighted by Crippen LogP contribution is -2.10. The maximum absolute atomic E-state index is 11.5. The summed E-state index contributed by atoms with van der Waals surface area (Å²) < 4.78 is 0. The fourth-order valence-electron chi connectivity index (χ4n) is 1.32. The molecule has 2 N–H and O–H groups in total. The molecule has 0 bridgehead atoms. The van der Waals surface area contributed by atoms with Crippen LogP contribution in [0.1, 0.15) is 20.8 Å². The molecule has 0 aliphatic rings. The van der Waals surface area contributed by atoms with Crippen molar-refractivity contribution in [3.8, 4) is 0 Å². The van der Waals surface area contributed by atoms with Gasteiger partial charge in [0, 0.05) is 24.4 Å². The van der Waals surface area contributed by atoms with E-state index >= 15 is 0 Å². The van der Waals surface area contributed by atoms with Gasteiger partial charge in [0.2, 0.25) is 11.8 Å². The summed E-state index contributed by atoms with van der Waals surface area (Å²) in [6, 6.07) is 7.00. The van der Waals surface area contributed by atoms with E-state index in [1.54, 1.807) is 24.3 Å². The molecule has 1 aromatic rings. The van der Waals surface area contributed by atoms with Crippen molar-refractivity contribution in [1.82, 2.24) is 0 Å². The van der Waals surface area contributed by atoms with Crippen LogP contribution in [0.5, 0.6) is 0 Å². The molecule has 4 nitrogen and oxygen atoms in total. The zero-order chi connectivity index (χ0) is 12.8. The molecule has 1 rings (SSSR count). The highest BCUT2D eigenvalue weighted by atomic mass is 16.2. The van der Waals surface area contributed by atoms with E-state index in [9.17, 15) is 9.59 Å². The summed E-state index contributed by atoms with van der Waals surface area (Å²) in [5, 5.41) is 5.37. The second-order valence-corrected chi connectivity index (χ2v) is 3.97. The van der Waals surface area contributed by atoms with Crippen molar-refractivity contribution in [3.05, 3.63) is 35.9 Å². The van der Waals surface area contributed by atoms with E-state index in [1.807, 2.05) is 13.8 Å². The third-order valence-electron chi connectivity index (χ3n) is 1.87. The van der Waals surface area contributed by atoms with Gasteiger partial charge in [0.1, 0.15) is 0 Å². The quantitative estimate of drug-likeness (QED) is 0.787. The first kappa shape index (κ1) is 13.0. The average molecular weight is 232 g/mol. The summed E-state index contributed by atoms with van der Waals surface area (Å²) in [6.45, 7) is 5.15. The summed E-state index contributed by atoms with van der Waals surface area (Å²) in [6.07, 6.45) is 1.52. The zero-order valence-electron chi connectivity index (χ0n) is 10.2. The van der Waals surface area contributed by atoms with Crippen molar-refractivity contribution in [2.45, 2.75) is 20.8 Å². The first-order valence-corrected chi connectivity index (χ1v) is 5.31. The summed E-state index contributed by atoms with van der Waals surface area (Å²) in [5.41, 5.74) is 2.24. The van der Waals surface area contributed by atoms with Crippen LogP contribution in [-0.2, 0) is 9.59 Å². The molecule has 90 valence electrons. The van der Waals surface area contributed by atoms with E-state index in [-0.39, 0.29) is 11.8 Å². The van der Waals surface area contributed by atoms with Gasteiger partial charge in [-0.1, -0.05) is 11.6 Å². The highest BCUT2D eigenvalue weighted by Crippen LogP contribution is 2.15. The molecular formula is C13H16N2O2. The Labute approximate surface area is 101 Å². The molecule has 0 atom stereocenters. The molecule has 0 spiro atoms. The lowest BCUT2D eigenvalue weighted by molar-refractivity contribution is -0.114. The molecule has 0 unspecified atom stereocenters. The van der Waals surface area contributed by atoms with Crippen LogP contribution in [0, 0.1) is 0 Å². The molecule has 2 amide bonds. The Morgan fingerprint density at radius 2 is 1.65 bits per heavy atom. The van der Waals surface area contributed by atoms with Crippen molar-refractivity contribution >= 4 is 23.2 Å². The smallest absolute Gasteiger partial charge is 0.248 e.